The van der Waals surface area contributed by atoms with Crippen molar-refractivity contribution in [2.45, 2.75) is 25.7 Å². The fraction of sp³-hybridized carbons (Fsp3) is 0.667. The molecule has 0 aromatic rings. The first-order valence-corrected chi connectivity index (χ1v) is 3.06. The van der Waals surface area contributed by atoms with Crippen LogP contribution in [0.25, 0.3) is 0 Å². The summed E-state index contributed by atoms with van der Waals surface area (Å²) in [7, 11) is 0. The molecule has 66 valence electrons. The van der Waals surface area contributed by atoms with E-state index < -0.39 is 11.9 Å². The summed E-state index contributed by atoms with van der Waals surface area (Å²) in [6.07, 6.45) is 1.02. The third-order valence-corrected chi connectivity index (χ3v) is 1.03. The fourth-order valence-electron chi connectivity index (χ4n) is 0.552. The van der Waals surface area contributed by atoms with Crippen LogP contribution in [-0.2, 0) is 9.59 Å². The van der Waals surface area contributed by atoms with Gasteiger partial charge in [-0.3, -0.25) is 9.59 Å². The van der Waals surface area contributed by atoms with Crippen LogP contribution in [0.4, 0.5) is 0 Å². The molecule has 5 heteroatoms. The Labute approximate surface area is 81.6 Å². The molecule has 0 aliphatic carbocycles. The lowest BCUT2D eigenvalue weighted by Crippen LogP contribution is -1.97. The molecule has 0 saturated heterocycles. The van der Waals surface area contributed by atoms with Gasteiger partial charge in [0.25, 0.3) is 0 Å². The van der Waals surface area contributed by atoms with E-state index in [1.54, 1.807) is 0 Å². The van der Waals surface area contributed by atoms with E-state index in [4.69, 9.17) is 10.2 Å². The van der Waals surface area contributed by atoms with Crippen molar-refractivity contribution in [2.75, 3.05) is 0 Å². The zero-order valence-corrected chi connectivity index (χ0v) is 8.28. The van der Waals surface area contributed by atoms with Gasteiger partial charge in [-0.25, -0.2) is 0 Å². The molecule has 0 atom stereocenters. The second kappa shape index (κ2) is 7.77. The molecular formula is C6H11IO4. The van der Waals surface area contributed by atoms with Crippen LogP contribution in [0.2, 0.25) is 0 Å². The number of carboxylic acid groups (broad SMARTS) is 2. The van der Waals surface area contributed by atoms with E-state index >= 15 is 0 Å². The van der Waals surface area contributed by atoms with Crippen LogP contribution in [0.3, 0.4) is 0 Å². The molecule has 11 heavy (non-hydrogen) atoms. The van der Waals surface area contributed by atoms with Crippen molar-refractivity contribution in [2.24, 2.45) is 0 Å². The molecule has 0 aliphatic rings. The zero-order valence-electron chi connectivity index (χ0n) is 5.95. The van der Waals surface area contributed by atoms with Crippen molar-refractivity contribution in [1.82, 2.24) is 0 Å². The molecule has 2 N–H and O–H groups in total. The van der Waals surface area contributed by atoms with Crippen molar-refractivity contribution in [3.63, 3.8) is 0 Å². The van der Waals surface area contributed by atoms with Gasteiger partial charge in [-0.2, -0.15) is 0 Å². The predicted octanol–water partition coefficient (Wildman–Crippen LogP) is 1.33. The Kier molecular flexibility index (Phi) is 9.38. The number of aliphatic carboxylic acids is 2. The van der Waals surface area contributed by atoms with Crippen LogP contribution >= 0.6 is 24.0 Å². The first kappa shape index (κ1) is 13.3. The average Bonchev–Trinajstić information content (AvgIpc) is 1.79. The molecule has 0 fully saturated rings. The first-order valence-electron chi connectivity index (χ1n) is 3.06. The summed E-state index contributed by atoms with van der Waals surface area (Å²) in [6, 6.07) is 0. The molecule has 0 radical (unpaired) electrons. The van der Waals surface area contributed by atoms with Gasteiger partial charge >= 0.3 is 11.9 Å². The number of unbranched alkanes of at least 4 members (excludes halogenated alkanes) is 1. The van der Waals surface area contributed by atoms with Crippen molar-refractivity contribution in [1.29, 1.82) is 0 Å². The largest absolute Gasteiger partial charge is 0.481 e. The summed E-state index contributed by atoms with van der Waals surface area (Å²) >= 11 is 0. The van der Waals surface area contributed by atoms with E-state index in [1.807, 2.05) is 0 Å². The predicted molar refractivity (Wildman–Crippen MR) is 49.2 cm³/mol. The summed E-state index contributed by atoms with van der Waals surface area (Å²) in [5, 5.41) is 16.3. The van der Waals surface area contributed by atoms with E-state index in [1.165, 1.54) is 0 Å². The smallest absolute Gasteiger partial charge is 0.303 e. The Morgan fingerprint density at radius 1 is 0.909 bits per heavy atom. The summed E-state index contributed by atoms with van der Waals surface area (Å²) in [6.45, 7) is 0. The molecule has 0 aromatic heterocycles. The number of carboxylic acids is 2. The highest BCUT2D eigenvalue weighted by Crippen LogP contribution is 1.98. The highest BCUT2D eigenvalue weighted by Gasteiger charge is 1.99. The Morgan fingerprint density at radius 3 is 1.36 bits per heavy atom. The van der Waals surface area contributed by atoms with Gasteiger partial charge in [0.1, 0.15) is 0 Å². The van der Waals surface area contributed by atoms with Gasteiger partial charge in [-0.15, -0.1) is 24.0 Å². The van der Waals surface area contributed by atoms with Crippen LogP contribution in [0.15, 0.2) is 0 Å². The van der Waals surface area contributed by atoms with Gasteiger partial charge in [0.15, 0.2) is 0 Å². The molecule has 0 amide bonds. The van der Waals surface area contributed by atoms with Gasteiger partial charge in [0.2, 0.25) is 0 Å². The number of rotatable bonds is 5. The Morgan fingerprint density at radius 2 is 1.18 bits per heavy atom. The van der Waals surface area contributed by atoms with Gasteiger partial charge in [0, 0.05) is 12.8 Å². The van der Waals surface area contributed by atoms with Gasteiger partial charge in [-0.1, -0.05) is 0 Å². The van der Waals surface area contributed by atoms with Crippen LogP contribution in [0.5, 0.6) is 0 Å². The molecule has 0 saturated carbocycles. The molecule has 0 aliphatic heterocycles. The van der Waals surface area contributed by atoms with E-state index in [-0.39, 0.29) is 36.8 Å². The minimum Gasteiger partial charge on any atom is -0.481 e. The van der Waals surface area contributed by atoms with E-state index in [0.29, 0.717) is 12.8 Å². The monoisotopic (exact) mass is 274 g/mol. The van der Waals surface area contributed by atoms with Gasteiger partial charge < -0.3 is 10.2 Å². The van der Waals surface area contributed by atoms with Gasteiger partial charge in [-0.05, 0) is 12.8 Å². The van der Waals surface area contributed by atoms with Gasteiger partial charge in [0.05, 0.1) is 0 Å². The second-order valence-electron chi connectivity index (χ2n) is 1.99. The Balaban J connectivity index is 0. The fourth-order valence-corrected chi connectivity index (χ4v) is 0.552. The van der Waals surface area contributed by atoms with Crippen LogP contribution in [0.1, 0.15) is 25.7 Å². The molecule has 0 rings (SSSR count). The summed E-state index contributed by atoms with van der Waals surface area (Å²) in [5.41, 5.74) is 0. The summed E-state index contributed by atoms with van der Waals surface area (Å²) in [5.74, 6) is -1.74. The molecule has 0 bridgehead atoms. The summed E-state index contributed by atoms with van der Waals surface area (Å²) < 4.78 is 0. The first-order chi connectivity index (χ1) is 4.63. The minimum absolute atomic E-state index is 0. The normalized spacial score (nSPS) is 8.36. The Bertz CT molecular complexity index is 119. The maximum atomic E-state index is 9.90. The van der Waals surface area contributed by atoms with Crippen LogP contribution in [0, 0.1) is 0 Å². The second-order valence-corrected chi connectivity index (χ2v) is 1.99. The van der Waals surface area contributed by atoms with Crippen molar-refractivity contribution in [3.05, 3.63) is 0 Å². The molecule has 0 spiro atoms. The van der Waals surface area contributed by atoms with Crippen molar-refractivity contribution < 1.29 is 19.8 Å². The van der Waals surface area contributed by atoms with E-state index in [0.717, 1.165) is 0 Å². The third kappa shape index (κ3) is 12.8. The number of hydrogen-bond donors (Lipinski definition) is 2. The lowest BCUT2D eigenvalue weighted by Gasteiger charge is -1.92. The standard InChI is InChI=1S/C6H10O4.HI/c7-5(8)3-1-2-4-6(9)10;/h1-4H2,(H,7,8)(H,9,10);1H. The number of halogens is 1. The quantitative estimate of drug-likeness (QED) is 0.586. The SMILES string of the molecule is I.O=C(O)CCCCC(=O)O. The zero-order chi connectivity index (χ0) is 7.98. The molecule has 0 unspecified atom stereocenters. The molecule has 4 nitrogen and oxygen atoms in total. The lowest BCUT2D eigenvalue weighted by molar-refractivity contribution is -0.139. The summed E-state index contributed by atoms with van der Waals surface area (Å²) in [4.78, 5) is 19.8. The maximum Gasteiger partial charge on any atom is 0.303 e. The van der Waals surface area contributed by atoms with Crippen LogP contribution in [-0.4, -0.2) is 22.2 Å². The molecule has 0 heterocycles. The number of carbonyl (C=O) groups is 2. The van der Waals surface area contributed by atoms with Crippen molar-refractivity contribution >= 4 is 35.9 Å². The third-order valence-electron chi connectivity index (χ3n) is 1.03. The Hall–Kier alpha value is -0.330. The lowest BCUT2D eigenvalue weighted by atomic mass is 10.2. The highest BCUT2D eigenvalue weighted by atomic mass is 127. The average molecular weight is 274 g/mol. The topological polar surface area (TPSA) is 74.6 Å². The van der Waals surface area contributed by atoms with E-state index in [2.05, 4.69) is 0 Å². The number of hydrogen-bond acceptors (Lipinski definition) is 2. The van der Waals surface area contributed by atoms with Crippen molar-refractivity contribution in [3.8, 4) is 0 Å². The maximum absolute atomic E-state index is 9.90. The molecular weight excluding hydrogens is 263 g/mol. The highest BCUT2D eigenvalue weighted by molar-refractivity contribution is 14.0. The van der Waals surface area contributed by atoms with E-state index in [9.17, 15) is 9.59 Å². The minimum atomic E-state index is -0.870. The van der Waals surface area contributed by atoms with Crippen LogP contribution < -0.4 is 0 Å². The molecule has 0 aromatic carbocycles.